The summed E-state index contributed by atoms with van der Waals surface area (Å²) in [6.07, 6.45) is -4.62. The number of benzene rings is 1. The first-order chi connectivity index (χ1) is 11.0. The minimum absolute atomic E-state index is 0.0695. The Morgan fingerprint density at radius 2 is 1.75 bits per heavy atom. The standard InChI is InChI=1S/C15H14F3N3O3/c1-13(2)10(12(23)24)7-21(13)11(22)8-3-5-9(6-4-8)14(19-20-14)15(16,17)18/h3-6,10H,7H2,1-2H3,(H,23,24). The fraction of sp³-hybridized carbons (Fsp3) is 0.467. The van der Waals surface area contributed by atoms with E-state index in [1.165, 1.54) is 29.2 Å². The van der Waals surface area contributed by atoms with Gasteiger partial charge in [-0.25, -0.2) is 0 Å². The van der Waals surface area contributed by atoms with Crippen LogP contribution in [0.5, 0.6) is 0 Å². The highest BCUT2D eigenvalue weighted by Gasteiger charge is 2.65. The van der Waals surface area contributed by atoms with Gasteiger partial charge in [0.1, 0.15) is 0 Å². The molecule has 1 N–H and O–H groups in total. The van der Waals surface area contributed by atoms with E-state index in [1.807, 2.05) is 0 Å². The summed E-state index contributed by atoms with van der Waals surface area (Å²) >= 11 is 0. The van der Waals surface area contributed by atoms with E-state index in [9.17, 15) is 22.8 Å². The van der Waals surface area contributed by atoms with Gasteiger partial charge in [-0.1, -0.05) is 12.1 Å². The molecule has 9 heteroatoms. The van der Waals surface area contributed by atoms with Crippen molar-refractivity contribution in [3.63, 3.8) is 0 Å². The van der Waals surface area contributed by atoms with Crippen LogP contribution in [0.1, 0.15) is 29.8 Å². The average molecular weight is 341 g/mol. The number of carboxylic acids is 1. The Morgan fingerprint density at radius 3 is 2.12 bits per heavy atom. The third-order valence-corrected chi connectivity index (χ3v) is 4.69. The van der Waals surface area contributed by atoms with Crippen LogP contribution in [0.15, 0.2) is 34.5 Å². The maximum absolute atomic E-state index is 12.9. The summed E-state index contributed by atoms with van der Waals surface area (Å²) in [6.45, 7) is 3.35. The van der Waals surface area contributed by atoms with Gasteiger partial charge in [0.15, 0.2) is 0 Å². The van der Waals surface area contributed by atoms with Gasteiger partial charge in [0, 0.05) is 17.7 Å². The van der Waals surface area contributed by atoms with E-state index in [0.717, 1.165) is 0 Å². The van der Waals surface area contributed by atoms with Crippen LogP contribution in [0.25, 0.3) is 0 Å². The van der Waals surface area contributed by atoms with Crippen LogP contribution in [0.3, 0.4) is 0 Å². The minimum atomic E-state index is -4.62. The van der Waals surface area contributed by atoms with Gasteiger partial charge in [0.25, 0.3) is 5.91 Å². The van der Waals surface area contributed by atoms with Gasteiger partial charge >= 0.3 is 17.8 Å². The summed E-state index contributed by atoms with van der Waals surface area (Å²) < 4.78 is 38.8. The number of hydrogen-bond acceptors (Lipinski definition) is 4. The molecule has 0 radical (unpaired) electrons. The van der Waals surface area contributed by atoms with Crippen LogP contribution in [0.2, 0.25) is 0 Å². The number of nitrogens with zero attached hydrogens (tertiary/aromatic N) is 3. The van der Waals surface area contributed by atoms with Crippen molar-refractivity contribution in [3.05, 3.63) is 35.4 Å². The average Bonchev–Trinajstić information content (AvgIpc) is 3.27. The highest BCUT2D eigenvalue weighted by molar-refractivity contribution is 5.96. The quantitative estimate of drug-likeness (QED) is 0.918. The van der Waals surface area contributed by atoms with Gasteiger partial charge in [-0.05, 0) is 26.0 Å². The molecule has 1 amide bonds. The van der Waals surface area contributed by atoms with Crippen molar-refractivity contribution in [2.45, 2.75) is 31.2 Å². The topological polar surface area (TPSA) is 82.3 Å². The van der Waals surface area contributed by atoms with Crippen LogP contribution in [0, 0.1) is 5.92 Å². The molecule has 1 atom stereocenters. The molecule has 0 bridgehead atoms. The second-order valence-electron chi connectivity index (χ2n) is 6.41. The smallest absolute Gasteiger partial charge is 0.442 e. The van der Waals surface area contributed by atoms with Gasteiger partial charge in [-0.15, -0.1) is 10.2 Å². The van der Waals surface area contributed by atoms with E-state index in [4.69, 9.17) is 5.11 Å². The lowest BCUT2D eigenvalue weighted by molar-refractivity contribution is -0.166. The Bertz CT molecular complexity index is 735. The molecular weight excluding hydrogens is 327 g/mol. The van der Waals surface area contributed by atoms with Crippen molar-refractivity contribution in [2.75, 3.05) is 6.54 Å². The second-order valence-corrected chi connectivity index (χ2v) is 6.41. The third kappa shape index (κ3) is 2.18. The van der Waals surface area contributed by atoms with Crippen LogP contribution in [-0.4, -0.2) is 40.1 Å². The number of halogens is 3. The van der Waals surface area contributed by atoms with Gasteiger partial charge in [0.2, 0.25) is 0 Å². The zero-order valence-electron chi connectivity index (χ0n) is 12.8. The number of alkyl halides is 3. The summed E-state index contributed by atoms with van der Waals surface area (Å²) in [5.41, 5.74) is -3.33. The van der Waals surface area contributed by atoms with E-state index in [-0.39, 0.29) is 17.7 Å². The number of carbonyl (C=O) groups is 2. The third-order valence-electron chi connectivity index (χ3n) is 4.69. The Labute approximate surface area is 135 Å². The lowest BCUT2D eigenvalue weighted by atomic mass is 9.76. The highest BCUT2D eigenvalue weighted by Crippen LogP contribution is 2.52. The number of rotatable bonds is 3. The Hall–Kier alpha value is -2.45. The predicted molar refractivity (Wildman–Crippen MR) is 75.3 cm³/mol. The van der Waals surface area contributed by atoms with Crippen molar-refractivity contribution >= 4 is 11.9 Å². The van der Waals surface area contributed by atoms with Crippen molar-refractivity contribution in [3.8, 4) is 0 Å². The molecule has 1 aromatic rings. The van der Waals surface area contributed by atoms with Crippen molar-refractivity contribution < 1.29 is 27.9 Å². The fourth-order valence-corrected chi connectivity index (χ4v) is 2.89. The molecule has 2 heterocycles. The molecule has 1 saturated heterocycles. The lowest BCUT2D eigenvalue weighted by Gasteiger charge is -2.53. The fourth-order valence-electron chi connectivity index (χ4n) is 2.89. The lowest BCUT2D eigenvalue weighted by Crippen LogP contribution is -2.68. The van der Waals surface area contributed by atoms with Gasteiger partial charge < -0.3 is 10.0 Å². The maximum Gasteiger partial charge on any atom is 0.442 e. The molecule has 0 aliphatic carbocycles. The molecule has 3 rings (SSSR count). The number of likely N-dealkylation sites (tertiary alicyclic amines) is 1. The largest absolute Gasteiger partial charge is 0.481 e. The van der Waals surface area contributed by atoms with Crippen molar-refractivity contribution in [1.29, 1.82) is 0 Å². The van der Waals surface area contributed by atoms with E-state index < -0.39 is 35.2 Å². The zero-order valence-corrected chi connectivity index (χ0v) is 12.8. The predicted octanol–water partition coefficient (Wildman–Crippen LogP) is 2.80. The zero-order chi connectivity index (χ0) is 17.9. The SMILES string of the molecule is CC1(C)C(C(=O)O)CN1C(=O)c1ccc(C2(C(F)(F)F)N=N2)cc1. The Kier molecular flexibility index (Phi) is 3.27. The molecule has 0 spiro atoms. The first-order valence-corrected chi connectivity index (χ1v) is 7.17. The molecule has 128 valence electrons. The van der Waals surface area contributed by atoms with Gasteiger partial charge in [-0.2, -0.15) is 13.2 Å². The number of carboxylic acid groups (broad SMARTS) is 1. The molecule has 1 fully saturated rings. The molecule has 2 aliphatic heterocycles. The molecule has 1 aromatic carbocycles. The monoisotopic (exact) mass is 341 g/mol. The number of carbonyl (C=O) groups excluding carboxylic acids is 1. The molecule has 24 heavy (non-hydrogen) atoms. The van der Waals surface area contributed by atoms with E-state index in [2.05, 4.69) is 10.2 Å². The summed E-state index contributed by atoms with van der Waals surface area (Å²) in [4.78, 5) is 24.9. The van der Waals surface area contributed by atoms with Gasteiger partial charge in [0.05, 0.1) is 11.5 Å². The van der Waals surface area contributed by atoms with Crippen LogP contribution >= 0.6 is 0 Å². The van der Waals surface area contributed by atoms with Crippen LogP contribution in [0.4, 0.5) is 13.2 Å². The Balaban J connectivity index is 1.78. The first-order valence-electron chi connectivity index (χ1n) is 7.17. The summed E-state index contributed by atoms with van der Waals surface area (Å²) in [5.74, 6) is -2.07. The first kappa shape index (κ1) is 16.4. The van der Waals surface area contributed by atoms with Crippen LogP contribution in [-0.2, 0) is 10.5 Å². The van der Waals surface area contributed by atoms with Crippen LogP contribution < -0.4 is 0 Å². The van der Waals surface area contributed by atoms with E-state index in [0.29, 0.717) is 0 Å². The minimum Gasteiger partial charge on any atom is -0.481 e. The van der Waals surface area contributed by atoms with Gasteiger partial charge in [-0.3, -0.25) is 9.59 Å². The number of hydrogen-bond donors (Lipinski definition) is 1. The molecule has 2 aliphatic rings. The maximum atomic E-state index is 12.9. The number of aliphatic carboxylic acids is 1. The molecule has 0 aromatic heterocycles. The van der Waals surface area contributed by atoms with E-state index >= 15 is 0 Å². The normalized spacial score (nSPS) is 23.5. The summed E-state index contributed by atoms with van der Waals surface area (Å²) in [5, 5.41) is 15.3. The second kappa shape index (κ2) is 4.78. The van der Waals surface area contributed by atoms with E-state index in [1.54, 1.807) is 13.8 Å². The number of amides is 1. The Morgan fingerprint density at radius 1 is 1.21 bits per heavy atom. The molecule has 1 unspecified atom stereocenters. The summed E-state index contributed by atoms with van der Waals surface area (Å²) in [7, 11) is 0. The molecule has 0 saturated carbocycles. The summed E-state index contributed by atoms with van der Waals surface area (Å²) in [6, 6.07) is 4.89. The molecule has 6 nitrogen and oxygen atoms in total. The van der Waals surface area contributed by atoms with Crippen molar-refractivity contribution in [1.82, 2.24) is 4.90 Å². The molecular formula is C15H14F3N3O3. The van der Waals surface area contributed by atoms with Crippen molar-refractivity contribution in [2.24, 2.45) is 16.1 Å². The highest BCUT2D eigenvalue weighted by atomic mass is 19.4.